The lowest BCUT2D eigenvalue weighted by Crippen LogP contribution is -2.44. The Kier molecular flexibility index (Phi) is 1.88. The van der Waals surface area contributed by atoms with E-state index in [2.05, 4.69) is 0 Å². The van der Waals surface area contributed by atoms with Crippen molar-refractivity contribution >= 4 is 11.6 Å². The van der Waals surface area contributed by atoms with Gasteiger partial charge in [-0.25, -0.2) is 0 Å². The summed E-state index contributed by atoms with van der Waals surface area (Å²) in [5.74, 6) is 0.0189. The van der Waals surface area contributed by atoms with E-state index in [1.807, 2.05) is 0 Å². The first-order chi connectivity index (χ1) is 7.70. The van der Waals surface area contributed by atoms with E-state index in [1.165, 1.54) is 6.26 Å². The van der Waals surface area contributed by atoms with Crippen LogP contribution in [0.4, 0.5) is 0 Å². The van der Waals surface area contributed by atoms with Crippen molar-refractivity contribution in [3.63, 3.8) is 0 Å². The van der Waals surface area contributed by atoms with Crippen LogP contribution in [-0.4, -0.2) is 23.3 Å². The molecule has 2 aliphatic heterocycles. The van der Waals surface area contributed by atoms with Gasteiger partial charge in [-0.2, -0.15) is 0 Å². The van der Waals surface area contributed by atoms with Crippen LogP contribution < -0.4 is 0 Å². The van der Waals surface area contributed by atoms with Crippen molar-refractivity contribution in [3.8, 4) is 0 Å². The number of furan rings is 1. The molecule has 0 N–H and O–H groups in total. The first-order valence-corrected chi connectivity index (χ1v) is 5.17. The first kappa shape index (κ1) is 9.54. The molecular weight excluding hydrogens is 208 g/mol. The predicted molar refractivity (Wildman–Crippen MR) is 54.0 cm³/mol. The normalized spacial score (nSPS) is 32.0. The molecule has 2 atom stereocenters. The number of hydrogen-bond acceptors (Lipinski definition) is 4. The quantitative estimate of drug-likeness (QED) is 0.557. The van der Waals surface area contributed by atoms with E-state index >= 15 is 0 Å². The molecule has 0 aliphatic carbocycles. The van der Waals surface area contributed by atoms with Crippen LogP contribution in [0.1, 0.15) is 23.4 Å². The zero-order valence-corrected chi connectivity index (χ0v) is 8.51. The fraction of sp³-hybridized carbons (Fsp3) is 0.333. The van der Waals surface area contributed by atoms with E-state index in [0.717, 1.165) is 0 Å². The van der Waals surface area contributed by atoms with Gasteiger partial charge in [-0.15, -0.1) is 0 Å². The monoisotopic (exact) mass is 218 g/mol. The van der Waals surface area contributed by atoms with Gasteiger partial charge in [0.1, 0.15) is 5.78 Å². The summed E-state index contributed by atoms with van der Waals surface area (Å²) in [6.45, 7) is 0. The Balaban J connectivity index is 1.97. The van der Waals surface area contributed by atoms with Crippen LogP contribution in [0.3, 0.4) is 0 Å². The fourth-order valence-corrected chi connectivity index (χ4v) is 2.24. The summed E-state index contributed by atoms with van der Waals surface area (Å²) in [7, 11) is 0. The molecule has 2 aliphatic rings. The van der Waals surface area contributed by atoms with Crippen LogP contribution in [0.5, 0.6) is 0 Å². The summed E-state index contributed by atoms with van der Waals surface area (Å²) in [6, 6.07) is 3.23. The Bertz CT molecular complexity index is 471. The molecule has 4 nitrogen and oxygen atoms in total. The number of ketones is 2. The molecular formula is C12H10O4. The van der Waals surface area contributed by atoms with Crippen molar-refractivity contribution < 1.29 is 18.7 Å². The standard InChI is InChI=1S/C12H10O4/c13-8-6-9-3-4-12(7-8,16-9)11(14)10-2-1-5-15-10/h1-5,9H,6-7H2/t9-,12+/m0/s1. The second-order valence-electron chi connectivity index (χ2n) is 4.13. The molecule has 1 aromatic rings. The minimum atomic E-state index is -1.11. The van der Waals surface area contributed by atoms with Crippen molar-refractivity contribution in [1.82, 2.24) is 0 Å². The molecule has 0 amide bonds. The van der Waals surface area contributed by atoms with Gasteiger partial charge in [-0.3, -0.25) is 9.59 Å². The molecule has 16 heavy (non-hydrogen) atoms. The largest absolute Gasteiger partial charge is 0.461 e. The lowest BCUT2D eigenvalue weighted by Gasteiger charge is -2.30. The molecule has 0 radical (unpaired) electrons. The lowest BCUT2D eigenvalue weighted by atomic mass is 9.89. The van der Waals surface area contributed by atoms with Gasteiger partial charge in [-0.1, -0.05) is 6.08 Å². The molecule has 3 heterocycles. The van der Waals surface area contributed by atoms with Gasteiger partial charge in [0.25, 0.3) is 0 Å². The number of ether oxygens (including phenoxy) is 1. The van der Waals surface area contributed by atoms with Crippen LogP contribution in [0.25, 0.3) is 0 Å². The molecule has 0 unspecified atom stereocenters. The van der Waals surface area contributed by atoms with Crippen LogP contribution in [0.2, 0.25) is 0 Å². The molecule has 0 aromatic carbocycles. The molecule has 1 aromatic heterocycles. The summed E-state index contributed by atoms with van der Waals surface area (Å²) >= 11 is 0. The van der Waals surface area contributed by atoms with Crippen LogP contribution in [0.15, 0.2) is 35.0 Å². The second kappa shape index (κ2) is 3.15. The maximum Gasteiger partial charge on any atom is 0.234 e. The molecule has 1 saturated heterocycles. The molecule has 0 spiro atoms. The zero-order chi connectivity index (χ0) is 11.2. The predicted octanol–water partition coefficient (Wildman–Crippen LogP) is 1.52. The molecule has 2 bridgehead atoms. The van der Waals surface area contributed by atoms with Crippen molar-refractivity contribution in [2.24, 2.45) is 0 Å². The van der Waals surface area contributed by atoms with Crippen molar-refractivity contribution in [1.29, 1.82) is 0 Å². The fourth-order valence-electron chi connectivity index (χ4n) is 2.24. The van der Waals surface area contributed by atoms with Crippen LogP contribution in [-0.2, 0) is 9.53 Å². The van der Waals surface area contributed by atoms with Crippen LogP contribution in [0, 0.1) is 0 Å². The van der Waals surface area contributed by atoms with Crippen molar-refractivity contribution in [2.45, 2.75) is 24.5 Å². The van der Waals surface area contributed by atoms with Crippen LogP contribution >= 0.6 is 0 Å². The number of Topliss-reactive ketones (excluding diaryl/α,β-unsaturated/α-hetero) is 2. The van der Waals surface area contributed by atoms with Gasteiger partial charge in [0, 0.05) is 12.8 Å². The average Bonchev–Trinajstić information content (AvgIpc) is 2.86. The zero-order valence-electron chi connectivity index (χ0n) is 8.51. The maximum atomic E-state index is 12.2. The van der Waals surface area contributed by atoms with E-state index < -0.39 is 5.60 Å². The van der Waals surface area contributed by atoms with Gasteiger partial charge in [0.2, 0.25) is 5.78 Å². The number of carbonyl (C=O) groups is 2. The van der Waals surface area contributed by atoms with Crippen molar-refractivity contribution in [2.75, 3.05) is 0 Å². The van der Waals surface area contributed by atoms with Gasteiger partial charge in [0.15, 0.2) is 11.4 Å². The lowest BCUT2D eigenvalue weighted by molar-refractivity contribution is -0.133. The highest BCUT2D eigenvalue weighted by Crippen LogP contribution is 2.36. The summed E-state index contributed by atoms with van der Waals surface area (Å²) in [5.41, 5.74) is -1.11. The third-order valence-corrected chi connectivity index (χ3v) is 2.96. The Morgan fingerprint density at radius 3 is 3.12 bits per heavy atom. The van der Waals surface area contributed by atoms with E-state index in [4.69, 9.17) is 9.15 Å². The minimum Gasteiger partial charge on any atom is -0.461 e. The van der Waals surface area contributed by atoms with Gasteiger partial charge < -0.3 is 9.15 Å². The Morgan fingerprint density at radius 1 is 1.50 bits per heavy atom. The third-order valence-electron chi connectivity index (χ3n) is 2.96. The van der Waals surface area contributed by atoms with E-state index in [9.17, 15) is 9.59 Å². The van der Waals surface area contributed by atoms with Gasteiger partial charge >= 0.3 is 0 Å². The highest BCUT2D eigenvalue weighted by atomic mass is 16.5. The van der Waals surface area contributed by atoms with E-state index in [1.54, 1.807) is 24.3 Å². The number of hydrogen-bond donors (Lipinski definition) is 0. The molecule has 3 rings (SSSR count). The molecule has 1 fully saturated rings. The summed E-state index contributed by atoms with van der Waals surface area (Å²) < 4.78 is 10.7. The molecule has 0 saturated carbocycles. The number of carbonyl (C=O) groups excluding carboxylic acids is 2. The summed E-state index contributed by atoms with van der Waals surface area (Å²) in [5, 5.41) is 0. The highest BCUT2D eigenvalue weighted by molar-refractivity contribution is 6.05. The Labute approximate surface area is 91.9 Å². The maximum absolute atomic E-state index is 12.2. The second-order valence-corrected chi connectivity index (χ2v) is 4.13. The average molecular weight is 218 g/mol. The van der Waals surface area contributed by atoms with Crippen molar-refractivity contribution in [3.05, 3.63) is 36.3 Å². The first-order valence-electron chi connectivity index (χ1n) is 5.17. The van der Waals surface area contributed by atoms with E-state index in [-0.39, 0.29) is 29.9 Å². The number of rotatable bonds is 2. The minimum absolute atomic E-state index is 0.0566. The smallest absolute Gasteiger partial charge is 0.234 e. The Hall–Kier alpha value is -1.68. The SMILES string of the molecule is O=C1C[C@@H]2C=C[C@](C(=O)c3ccco3)(C1)O2. The van der Waals surface area contributed by atoms with Gasteiger partial charge in [0.05, 0.1) is 12.4 Å². The topological polar surface area (TPSA) is 56.5 Å². The van der Waals surface area contributed by atoms with E-state index in [0.29, 0.717) is 6.42 Å². The summed E-state index contributed by atoms with van der Waals surface area (Å²) in [6.07, 6.45) is 5.13. The molecule has 82 valence electrons. The Morgan fingerprint density at radius 2 is 2.38 bits per heavy atom. The molecule has 4 heteroatoms. The highest BCUT2D eigenvalue weighted by Gasteiger charge is 2.49. The summed E-state index contributed by atoms with van der Waals surface area (Å²) in [4.78, 5) is 23.7. The van der Waals surface area contributed by atoms with Gasteiger partial charge in [-0.05, 0) is 18.2 Å². The number of fused-ring (bicyclic) bond motifs is 2. The third kappa shape index (κ3) is 1.27.